The van der Waals surface area contributed by atoms with Gasteiger partial charge in [-0.3, -0.25) is 4.90 Å². The van der Waals surface area contributed by atoms with Crippen molar-refractivity contribution in [2.24, 2.45) is 0 Å². The fraction of sp³-hybridized carbons (Fsp3) is 0.368. The standard InChI is InChI=1S/C19H24N2/c1-20-12-13-21(15-18-10-6-3-7-11-18)16-19(20)14-17-8-4-2-5-9-17/h2-11,19H,12-16H2,1H3/t19-/m1/s1. The van der Waals surface area contributed by atoms with Gasteiger partial charge in [0.1, 0.15) is 0 Å². The predicted molar refractivity (Wildman–Crippen MR) is 88.3 cm³/mol. The third-order valence-electron chi connectivity index (χ3n) is 4.42. The number of hydrogen-bond acceptors (Lipinski definition) is 2. The van der Waals surface area contributed by atoms with Gasteiger partial charge in [-0.1, -0.05) is 60.7 Å². The maximum atomic E-state index is 2.59. The van der Waals surface area contributed by atoms with Gasteiger partial charge in [-0.25, -0.2) is 0 Å². The Hall–Kier alpha value is -1.64. The Kier molecular flexibility index (Phi) is 4.69. The smallest absolute Gasteiger partial charge is 0.0261 e. The molecule has 0 spiro atoms. The zero-order chi connectivity index (χ0) is 14.5. The molecule has 3 rings (SSSR count). The van der Waals surface area contributed by atoms with Crippen LogP contribution in [-0.4, -0.2) is 42.5 Å². The van der Waals surface area contributed by atoms with Gasteiger partial charge in [-0.15, -0.1) is 0 Å². The van der Waals surface area contributed by atoms with Crippen LogP contribution in [0.25, 0.3) is 0 Å². The van der Waals surface area contributed by atoms with Crippen molar-refractivity contribution in [2.75, 3.05) is 26.7 Å². The van der Waals surface area contributed by atoms with E-state index in [4.69, 9.17) is 0 Å². The Morgan fingerprint density at radius 3 is 2.14 bits per heavy atom. The first-order chi connectivity index (χ1) is 10.3. The van der Waals surface area contributed by atoms with Crippen molar-refractivity contribution >= 4 is 0 Å². The number of hydrogen-bond donors (Lipinski definition) is 0. The molecule has 0 N–H and O–H groups in total. The van der Waals surface area contributed by atoms with Crippen molar-refractivity contribution in [1.29, 1.82) is 0 Å². The summed E-state index contributed by atoms with van der Waals surface area (Å²) in [5.41, 5.74) is 2.86. The summed E-state index contributed by atoms with van der Waals surface area (Å²) in [5.74, 6) is 0. The second-order valence-corrected chi connectivity index (χ2v) is 6.04. The fourth-order valence-corrected chi connectivity index (χ4v) is 3.10. The summed E-state index contributed by atoms with van der Waals surface area (Å²) in [7, 11) is 2.26. The minimum absolute atomic E-state index is 0.616. The normalized spacial score (nSPS) is 20.5. The molecule has 1 atom stereocenters. The Balaban J connectivity index is 1.62. The largest absolute Gasteiger partial charge is 0.301 e. The topological polar surface area (TPSA) is 6.48 Å². The summed E-state index contributed by atoms with van der Waals surface area (Å²) in [4.78, 5) is 5.09. The number of benzene rings is 2. The summed E-state index contributed by atoms with van der Waals surface area (Å²) in [6.07, 6.45) is 1.14. The molecule has 1 fully saturated rings. The van der Waals surface area contributed by atoms with Gasteiger partial charge >= 0.3 is 0 Å². The van der Waals surface area contributed by atoms with Gasteiger partial charge < -0.3 is 4.90 Å². The van der Waals surface area contributed by atoms with E-state index in [9.17, 15) is 0 Å². The minimum Gasteiger partial charge on any atom is -0.301 e. The van der Waals surface area contributed by atoms with Gasteiger partial charge in [-0.2, -0.15) is 0 Å². The second kappa shape index (κ2) is 6.88. The molecule has 0 aromatic heterocycles. The van der Waals surface area contributed by atoms with Crippen molar-refractivity contribution in [2.45, 2.75) is 19.0 Å². The molecule has 1 saturated heterocycles. The number of rotatable bonds is 4. The van der Waals surface area contributed by atoms with Crippen LogP contribution in [-0.2, 0) is 13.0 Å². The molecule has 110 valence electrons. The van der Waals surface area contributed by atoms with Crippen LogP contribution in [0, 0.1) is 0 Å². The first-order valence-corrected chi connectivity index (χ1v) is 7.82. The zero-order valence-corrected chi connectivity index (χ0v) is 12.8. The third-order valence-corrected chi connectivity index (χ3v) is 4.42. The maximum Gasteiger partial charge on any atom is 0.0261 e. The van der Waals surface area contributed by atoms with Crippen LogP contribution < -0.4 is 0 Å². The van der Waals surface area contributed by atoms with Crippen LogP contribution >= 0.6 is 0 Å². The highest BCUT2D eigenvalue weighted by atomic mass is 15.3. The summed E-state index contributed by atoms with van der Waals surface area (Å²) < 4.78 is 0. The molecule has 0 radical (unpaired) electrons. The van der Waals surface area contributed by atoms with Crippen LogP contribution in [0.3, 0.4) is 0 Å². The molecule has 21 heavy (non-hydrogen) atoms. The molecule has 1 aliphatic heterocycles. The average Bonchev–Trinajstić information content (AvgIpc) is 2.53. The lowest BCUT2D eigenvalue weighted by molar-refractivity contribution is 0.0905. The summed E-state index contributed by atoms with van der Waals surface area (Å²) in [6.45, 7) is 4.54. The van der Waals surface area contributed by atoms with E-state index >= 15 is 0 Å². The van der Waals surface area contributed by atoms with Crippen LogP contribution in [0.4, 0.5) is 0 Å². The number of likely N-dealkylation sites (N-methyl/N-ethyl adjacent to an activating group) is 1. The van der Waals surface area contributed by atoms with Gasteiger partial charge in [0.05, 0.1) is 0 Å². The van der Waals surface area contributed by atoms with Gasteiger partial charge in [0.2, 0.25) is 0 Å². The lowest BCUT2D eigenvalue weighted by atomic mass is 10.0. The lowest BCUT2D eigenvalue weighted by Gasteiger charge is -2.39. The molecule has 2 aromatic carbocycles. The second-order valence-electron chi connectivity index (χ2n) is 6.04. The van der Waals surface area contributed by atoms with E-state index in [1.807, 2.05) is 0 Å². The van der Waals surface area contributed by atoms with Gasteiger partial charge in [0.25, 0.3) is 0 Å². The highest BCUT2D eigenvalue weighted by Gasteiger charge is 2.24. The van der Waals surface area contributed by atoms with E-state index in [1.54, 1.807) is 0 Å². The van der Waals surface area contributed by atoms with Crippen molar-refractivity contribution < 1.29 is 0 Å². The van der Waals surface area contributed by atoms with E-state index in [0.29, 0.717) is 6.04 Å². The molecule has 0 amide bonds. The third kappa shape index (κ3) is 3.93. The first kappa shape index (κ1) is 14.3. The van der Waals surface area contributed by atoms with Gasteiger partial charge in [-0.05, 0) is 24.6 Å². The molecule has 2 heteroatoms. The van der Waals surface area contributed by atoms with E-state index in [-0.39, 0.29) is 0 Å². The van der Waals surface area contributed by atoms with E-state index < -0.39 is 0 Å². The highest BCUT2D eigenvalue weighted by Crippen LogP contribution is 2.15. The van der Waals surface area contributed by atoms with Crippen LogP contribution in [0.5, 0.6) is 0 Å². The lowest BCUT2D eigenvalue weighted by Crippen LogP contribution is -2.51. The monoisotopic (exact) mass is 280 g/mol. The van der Waals surface area contributed by atoms with Crippen molar-refractivity contribution in [3.8, 4) is 0 Å². The molecular formula is C19H24N2. The van der Waals surface area contributed by atoms with Crippen molar-refractivity contribution in [3.63, 3.8) is 0 Å². The molecule has 1 heterocycles. The van der Waals surface area contributed by atoms with Crippen molar-refractivity contribution in [3.05, 3.63) is 71.8 Å². The number of piperazine rings is 1. The van der Waals surface area contributed by atoms with E-state index in [0.717, 1.165) is 32.6 Å². The molecule has 2 aromatic rings. The average molecular weight is 280 g/mol. The summed E-state index contributed by atoms with van der Waals surface area (Å²) >= 11 is 0. The van der Waals surface area contributed by atoms with Gasteiger partial charge in [0.15, 0.2) is 0 Å². The molecule has 0 bridgehead atoms. The Bertz CT molecular complexity index is 538. The Labute approximate surface area is 128 Å². The Morgan fingerprint density at radius 1 is 0.857 bits per heavy atom. The van der Waals surface area contributed by atoms with Crippen LogP contribution in [0.1, 0.15) is 11.1 Å². The molecule has 0 saturated carbocycles. The fourth-order valence-electron chi connectivity index (χ4n) is 3.10. The summed E-state index contributed by atoms with van der Waals surface area (Å²) in [5, 5.41) is 0. The van der Waals surface area contributed by atoms with Crippen LogP contribution in [0.2, 0.25) is 0 Å². The molecule has 1 aliphatic rings. The predicted octanol–water partition coefficient (Wildman–Crippen LogP) is 3.05. The zero-order valence-electron chi connectivity index (χ0n) is 12.8. The van der Waals surface area contributed by atoms with Crippen molar-refractivity contribution in [1.82, 2.24) is 9.80 Å². The molecule has 0 aliphatic carbocycles. The van der Waals surface area contributed by atoms with Crippen LogP contribution in [0.15, 0.2) is 60.7 Å². The molecule has 2 nitrogen and oxygen atoms in total. The summed E-state index contributed by atoms with van der Waals surface area (Å²) in [6, 6.07) is 22.3. The first-order valence-electron chi connectivity index (χ1n) is 7.82. The minimum atomic E-state index is 0.616. The SMILES string of the molecule is CN1CCN(Cc2ccccc2)C[C@H]1Cc1ccccc1. The van der Waals surface area contributed by atoms with Gasteiger partial charge in [0, 0.05) is 32.2 Å². The quantitative estimate of drug-likeness (QED) is 0.849. The maximum absolute atomic E-state index is 2.59. The molecule has 0 unspecified atom stereocenters. The van der Waals surface area contributed by atoms with E-state index in [1.165, 1.54) is 11.1 Å². The Morgan fingerprint density at radius 2 is 1.48 bits per heavy atom. The number of nitrogens with zero attached hydrogens (tertiary/aromatic N) is 2. The van der Waals surface area contributed by atoms with E-state index in [2.05, 4.69) is 77.5 Å². The molecular weight excluding hydrogens is 256 g/mol. The highest BCUT2D eigenvalue weighted by molar-refractivity contribution is 5.17.